The number of anilines is 2. The lowest BCUT2D eigenvalue weighted by atomic mass is 9.95. The van der Waals surface area contributed by atoms with Crippen molar-refractivity contribution in [3.63, 3.8) is 0 Å². The zero-order chi connectivity index (χ0) is 24.6. The van der Waals surface area contributed by atoms with Gasteiger partial charge in [0.15, 0.2) is 0 Å². The zero-order valence-corrected chi connectivity index (χ0v) is 18.4. The first-order chi connectivity index (χ1) is 15.3. The number of nitriles is 1. The molecule has 0 aliphatic carbocycles. The Kier molecular flexibility index (Phi) is 6.40. The van der Waals surface area contributed by atoms with Gasteiger partial charge in [0.1, 0.15) is 17.6 Å². The third-order valence-electron chi connectivity index (χ3n) is 5.63. The molecule has 8 nitrogen and oxygen atoms in total. The third-order valence-corrected chi connectivity index (χ3v) is 5.63. The summed E-state index contributed by atoms with van der Waals surface area (Å²) in [5.74, 6) is -0.0990. The van der Waals surface area contributed by atoms with Gasteiger partial charge in [-0.2, -0.15) is 18.4 Å². The molecule has 1 amide bonds. The molecule has 2 aromatic rings. The Hall–Kier alpha value is -3.55. The van der Waals surface area contributed by atoms with Crippen LogP contribution in [-0.4, -0.2) is 28.5 Å². The number of nitrogens with one attached hydrogen (secondary N) is 1. The van der Waals surface area contributed by atoms with Gasteiger partial charge < -0.3 is 14.8 Å². The molecule has 1 N–H and O–H groups in total. The van der Waals surface area contributed by atoms with Gasteiger partial charge in [-0.3, -0.25) is 14.9 Å². The van der Waals surface area contributed by atoms with Gasteiger partial charge in [-0.25, -0.2) is 0 Å². The van der Waals surface area contributed by atoms with Crippen molar-refractivity contribution >= 4 is 23.1 Å². The van der Waals surface area contributed by atoms with E-state index in [4.69, 9.17) is 0 Å². The Bertz CT molecular complexity index is 1100. The number of aromatic nitrogens is 1. The first-order valence-electron chi connectivity index (χ1n) is 10.4. The molecule has 3 rings (SSSR count). The van der Waals surface area contributed by atoms with E-state index < -0.39 is 22.4 Å². The van der Waals surface area contributed by atoms with E-state index in [1.54, 1.807) is 17.2 Å². The van der Waals surface area contributed by atoms with Crippen molar-refractivity contribution in [1.82, 2.24) is 4.57 Å². The number of piperidine rings is 1. The fourth-order valence-corrected chi connectivity index (χ4v) is 3.90. The van der Waals surface area contributed by atoms with E-state index in [2.05, 4.69) is 11.4 Å². The lowest BCUT2D eigenvalue weighted by Crippen LogP contribution is -2.39. The highest BCUT2D eigenvalue weighted by molar-refractivity contribution is 5.92. The molecule has 1 aliphatic heterocycles. The monoisotopic (exact) mass is 463 g/mol. The average Bonchev–Trinajstić information content (AvgIpc) is 3.16. The van der Waals surface area contributed by atoms with E-state index in [9.17, 15) is 33.3 Å². The van der Waals surface area contributed by atoms with E-state index in [1.807, 2.05) is 25.3 Å². The Labute approximate surface area is 188 Å². The normalized spacial score (nSPS) is 15.2. The van der Waals surface area contributed by atoms with E-state index in [-0.39, 0.29) is 36.1 Å². The minimum atomic E-state index is -4.68. The highest BCUT2D eigenvalue weighted by Gasteiger charge is 2.35. The number of nitro groups is 1. The Morgan fingerprint density at radius 1 is 1.21 bits per heavy atom. The number of nitrogens with zero attached hydrogens (tertiary/aromatic N) is 4. The van der Waals surface area contributed by atoms with Gasteiger partial charge in [0.25, 0.3) is 5.69 Å². The van der Waals surface area contributed by atoms with Crippen molar-refractivity contribution in [1.29, 1.82) is 5.26 Å². The molecular formula is C22H24F3N5O3. The molecule has 0 spiro atoms. The summed E-state index contributed by atoms with van der Waals surface area (Å²) in [5.41, 5.74) is -1.52. The van der Waals surface area contributed by atoms with Crippen LogP contribution in [0.2, 0.25) is 0 Å². The Balaban J connectivity index is 1.72. The van der Waals surface area contributed by atoms with Crippen LogP contribution in [0, 0.1) is 27.4 Å². The summed E-state index contributed by atoms with van der Waals surface area (Å²) < 4.78 is 40.7. The number of amides is 1. The van der Waals surface area contributed by atoms with Crippen molar-refractivity contribution in [3.8, 4) is 6.07 Å². The van der Waals surface area contributed by atoms with Crippen LogP contribution in [-0.2, 0) is 16.5 Å². The molecule has 0 radical (unpaired) electrons. The van der Waals surface area contributed by atoms with E-state index in [0.29, 0.717) is 30.3 Å². The molecule has 1 aromatic carbocycles. The van der Waals surface area contributed by atoms with Crippen LogP contribution in [0.25, 0.3) is 0 Å². The summed E-state index contributed by atoms with van der Waals surface area (Å²) >= 11 is 0. The third kappa shape index (κ3) is 5.27. The molecular weight excluding hydrogens is 439 g/mol. The number of carbonyl (C=O) groups excluding carboxylic acids is 1. The summed E-state index contributed by atoms with van der Waals surface area (Å²) in [6.45, 7) is 6.40. The standard InChI is InChI=1S/C22H24F3N5O3/c1-21(2,3)29-13-14(12-26)10-19(29)27-20(31)15-6-8-28(9-7-15)17-5-4-16(22(23,24)25)11-18(17)30(32)33/h4-5,10-11,13,15H,6-9H2,1-3H3,(H,27,31). The van der Waals surface area contributed by atoms with Crippen molar-refractivity contribution in [3.05, 3.63) is 51.7 Å². The van der Waals surface area contributed by atoms with Gasteiger partial charge in [0.2, 0.25) is 5.91 Å². The van der Waals surface area contributed by atoms with E-state index in [1.165, 1.54) is 0 Å². The number of hydrogen-bond acceptors (Lipinski definition) is 5. The van der Waals surface area contributed by atoms with Crippen LogP contribution in [0.5, 0.6) is 0 Å². The quantitative estimate of drug-likeness (QED) is 0.513. The maximum absolute atomic E-state index is 13.0. The molecule has 1 aliphatic rings. The number of carbonyl (C=O) groups is 1. The van der Waals surface area contributed by atoms with Gasteiger partial charge in [0.05, 0.1) is 16.1 Å². The van der Waals surface area contributed by atoms with Gasteiger partial charge in [-0.05, 0) is 51.8 Å². The minimum Gasteiger partial charge on any atom is -0.366 e. The van der Waals surface area contributed by atoms with Crippen molar-refractivity contribution in [2.24, 2.45) is 5.92 Å². The fourth-order valence-electron chi connectivity index (χ4n) is 3.90. The fraction of sp³-hybridized carbons (Fsp3) is 0.455. The van der Waals surface area contributed by atoms with Gasteiger partial charge in [0, 0.05) is 36.8 Å². The summed E-state index contributed by atoms with van der Waals surface area (Å²) in [6, 6.07) is 6.14. The Morgan fingerprint density at radius 3 is 2.36 bits per heavy atom. The van der Waals surface area contributed by atoms with Crippen LogP contribution in [0.3, 0.4) is 0 Å². The number of alkyl halides is 3. The summed E-state index contributed by atoms with van der Waals surface area (Å²) in [7, 11) is 0. The number of nitro benzene ring substituents is 1. The minimum absolute atomic E-state index is 0.104. The van der Waals surface area contributed by atoms with Crippen LogP contribution in [0.1, 0.15) is 44.7 Å². The predicted octanol–water partition coefficient (Wildman–Crippen LogP) is 4.90. The Morgan fingerprint density at radius 2 is 1.85 bits per heavy atom. The van der Waals surface area contributed by atoms with Gasteiger partial charge in [-0.15, -0.1) is 0 Å². The van der Waals surface area contributed by atoms with Crippen molar-refractivity contribution in [2.75, 3.05) is 23.3 Å². The first-order valence-corrected chi connectivity index (χ1v) is 10.4. The predicted molar refractivity (Wildman–Crippen MR) is 116 cm³/mol. The molecule has 33 heavy (non-hydrogen) atoms. The summed E-state index contributed by atoms with van der Waals surface area (Å²) in [4.78, 5) is 25.0. The number of halogens is 3. The highest BCUT2D eigenvalue weighted by atomic mass is 19.4. The lowest BCUT2D eigenvalue weighted by Gasteiger charge is -2.33. The van der Waals surface area contributed by atoms with Crippen molar-refractivity contribution < 1.29 is 22.9 Å². The second-order valence-electron chi connectivity index (χ2n) is 8.98. The zero-order valence-electron chi connectivity index (χ0n) is 18.4. The molecule has 0 unspecified atom stereocenters. The van der Waals surface area contributed by atoms with E-state index >= 15 is 0 Å². The largest absolute Gasteiger partial charge is 0.416 e. The average molecular weight is 463 g/mol. The van der Waals surface area contributed by atoms with Gasteiger partial charge in [-0.1, -0.05) is 0 Å². The summed E-state index contributed by atoms with van der Waals surface area (Å²) in [6.07, 6.45) is -2.25. The lowest BCUT2D eigenvalue weighted by molar-refractivity contribution is -0.384. The van der Waals surface area contributed by atoms with E-state index in [0.717, 1.165) is 12.1 Å². The highest BCUT2D eigenvalue weighted by Crippen LogP contribution is 2.38. The molecule has 0 atom stereocenters. The molecule has 2 heterocycles. The molecule has 1 aromatic heterocycles. The SMILES string of the molecule is CC(C)(C)n1cc(C#N)cc1NC(=O)C1CCN(c2ccc(C(F)(F)F)cc2[N+](=O)[O-])CC1. The molecule has 0 bridgehead atoms. The van der Waals surface area contributed by atoms with Crippen LogP contribution < -0.4 is 10.2 Å². The van der Waals surface area contributed by atoms with Crippen LogP contribution >= 0.6 is 0 Å². The molecule has 176 valence electrons. The second kappa shape index (κ2) is 8.77. The maximum Gasteiger partial charge on any atom is 0.416 e. The molecule has 0 saturated carbocycles. The molecule has 1 fully saturated rings. The number of benzene rings is 1. The maximum atomic E-state index is 13.0. The smallest absolute Gasteiger partial charge is 0.366 e. The summed E-state index contributed by atoms with van der Waals surface area (Å²) in [5, 5.41) is 23.4. The van der Waals surface area contributed by atoms with Gasteiger partial charge >= 0.3 is 6.18 Å². The van der Waals surface area contributed by atoms with Crippen LogP contribution in [0.4, 0.5) is 30.4 Å². The topological polar surface area (TPSA) is 104 Å². The first kappa shape index (κ1) is 24.1. The molecule has 1 saturated heterocycles. The molecule has 11 heteroatoms. The van der Waals surface area contributed by atoms with Crippen LogP contribution in [0.15, 0.2) is 30.5 Å². The van der Waals surface area contributed by atoms with Crippen molar-refractivity contribution in [2.45, 2.75) is 45.3 Å². The second-order valence-corrected chi connectivity index (χ2v) is 8.98. The number of rotatable bonds is 4. The number of hydrogen-bond donors (Lipinski definition) is 1.